The Bertz CT molecular complexity index is 384. The maximum Gasteiger partial charge on any atom is 0.389 e. The fourth-order valence-electron chi connectivity index (χ4n) is 1.39. The standard InChI is InChI=1S/C11H13F4NO.ClH/c1-17-10-6-7(2-3-8(10)12)9(16)4-5-11(13,14)15;/h2-3,6,9H,4-5,16H2,1H3;1H/t9-;/m1./s1. The summed E-state index contributed by atoms with van der Waals surface area (Å²) in [5.41, 5.74) is 6.02. The van der Waals surface area contributed by atoms with Gasteiger partial charge in [0, 0.05) is 12.5 Å². The first kappa shape index (κ1) is 17.0. The molecule has 2 nitrogen and oxygen atoms in total. The van der Waals surface area contributed by atoms with Gasteiger partial charge in [0.25, 0.3) is 0 Å². The molecule has 0 aliphatic heterocycles. The Morgan fingerprint density at radius 1 is 1.33 bits per heavy atom. The molecule has 0 aliphatic rings. The predicted octanol–water partition coefficient (Wildman–Crippen LogP) is 3.60. The normalized spacial score (nSPS) is 12.8. The minimum absolute atomic E-state index is 0. The van der Waals surface area contributed by atoms with E-state index in [1.54, 1.807) is 0 Å². The zero-order valence-electron chi connectivity index (χ0n) is 9.63. The average Bonchev–Trinajstić information content (AvgIpc) is 2.25. The second-order valence-corrected chi connectivity index (χ2v) is 3.65. The first-order valence-corrected chi connectivity index (χ1v) is 4.99. The molecule has 0 spiro atoms. The fraction of sp³-hybridized carbons (Fsp3) is 0.455. The molecule has 0 bridgehead atoms. The van der Waals surface area contributed by atoms with Crippen molar-refractivity contribution in [3.05, 3.63) is 29.6 Å². The van der Waals surface area contributed by atoms with Crippen LogP contribution in [0, 0.1) is 5.82 Å². The highest BCUT2D eigenvalue weighted by Gasteiger charge is 2.27. The van der Waals surface area contributed by atoms with Gasteiger partial charge in [-0.25, -0.2) is 4.39 Å². The van der Waals surface area contributed by atoms with Crippen LogP contribution in [-0.4, -0.2) is 13.3 Å². The predicted molar refractivity (Wildman–Crippen MR) is 62.4 cm³/mol. The molecule has 0 radical (unpaired) electrons. The van der Waals surface area contributed by atoms with Crippen molar-refractivity contribution in [3.63, 3.8) is 0 Å². The van der Waals surface area contributed by atoms with Gasteiger partial charge in [-0.3, -0.25) is 0 Å². The van der Waals surface area contributed by atoms with Crippen molar-refractivity contribution in [1.82, 2.24) is 0 Å². The Morgan fingerprint density at radius 3 is 2.44 bits per heavy atom. The van der Waals surface area contributed by atoms with E-state index in [2.05, 4.69) is 0 Å². The number of rotatable bonds is 4. The fourth-order valence-corrected chi connectivity index (χ4v) is 1.39. The van der Waals surface area contributed by atoms with Crippen LogP contribution in [0.4, 0.5) is 17.6 Å². The molecule has 0 amide bonds. The third-order valence-electron chi connectivity index (χ3n) is 2.34. The summed E-state index contributed by atoms with van der Waals surface area (Å²) in [6, 6.07) is 3.02. The highest BCUT2D eigenvalue weighted by atomic mass is 35.5. The second-order valence-electron chi connectivity index (χ2n) is 3.65. The van der Waals surface area contributed by atoms with Crippen LogP contribution >= 0.6 is 12.4 Å². The summed E-state index contributed by atoms with van der Waals surface area (Å²) in [4.78, 5) is 0. The smallest absolute Gasteiger partial charge is 0.389 e. The van der Waals surface area contributed by atoms with Gasteiger partial charge in [0.15, 0.2) is 11.6 Å². The van der Waals surface area contributed by atoms with Crippen LogP contribution < -0.4 is 10.5 Å². The molecule has 18 heavy (non-hydrogen) atoms. The van der Waals surface area contributed by atoms with Crippen LogP contribution in [0.5, 0.6) is 5.75 Å². The van der Waals surface area contributed by atoms with E-state index in [4.69, 9.17) is 10.5 Å². The van der Waals surface area contributed by atoms with Crippen LogP contribution in [0.2, 0.25) is 0 Å². The van der Waals surface area contributed by atoms with Gasteiger partial charge in [0.1, 0.15) is 0 Å². The summed E-state index contributed by atoms with van der Waals surface area (Å²) >= 11 is 0. The Kier molecular flexibility index (Phi) is 6.42. The summed E-state index contributed by atoms with van der Waals surface area (Å²) in [5.74, 6) is -0.593. The lowest BCUT2D eigenvalue weighted by atomic mass is 10.0. The lowest BCUT2D eigenvalue weighted by Crippen LogP contribution is -2.16. The summed E-state index contributed by atoms with van der Waals surface area (Å²) in [6.07, 6.45) is -5.44. The minimum Gasteiger partial charge on any atom is -0.494 e. The van der Waals surface area contributed by atoms with E-state index in [0.717, 1.165) is 6.07 Å². The monoisotopic (exact) mass is 287 g/mol. The van der Waals surface area contributed by atoms with E-state index >= 15 is 0 Å². The molecule has 2 N–H and O–H groups in total. The first-order valence-electron chi connectivity index (χ1n) is 4.99. The number of halogens is 5. The quantitative estimate of drug-likeness (QED) is 0.859. The highest BCUT2D eigenvalue weighted by molar-refractivity contribution is 5.85. The van der Waals surface area contributed by atoms with Gasteiger partial charge in [-0.05, 0) is 24.1 Å². The van der Waals surface area contributed by atoms with Crippen molar-refractivity contribution in [2.75, 3.05) is 7.11 Å². The number of hydrogen-bond acceptors (Lipinski definition) is 2. The van der Waals surface area contributed by atoms with Gasteiger partial charge >= 0.3 is 6.18 Å². The zero-order valence-corrected chi connectivity index (χ0v) is 10.4. The Labute approximate surface area is 109 Å². The van der Waals surface area contributed by atoms with Gasteiger partial charge in [-0.15, -0.1) is 12.4 Å². The van der Waals surface area contributed by atoms with E-state index in [0.29, 0.717) is 5.56 Å². The van der Waals surface area contributed by atoms with Gasteiger partial charge in [0.05, 0.1) is 7.11 Å². The summed E-state index contributed by atoms with van der Waals surface area (Å²) in [7, 11) is 1.28. The van der Waals surface area contributed by atoms with Gasteiger partial charge in [0.2, 0.25) is 0 Å². The molecule has 0 unspecified atom stereocenters. The van der Waals surface area contributed by atoms with Crippen molar-refractivity contribution in [1.29, 1.82) is 0 Å². The third kappa shape index (κ3) is 5.10. The number of hydrogen-bond donors (Lipinski definition) is 1. The molecular formula is C11H14ClF4NO. The average molecular weight is 288 g/mol. The second kappa shape index (κ2) is 6.80. The number of methoxy groups -OCH3 is 1. The first-order chi connectivity index (χ1) is 7.83. The summed E-state index contributed by atoms with van der Waals surface area (Å²) in [5, 5.41) is 0. The number of benzene rings is 1. The summed E-state index contributed by atoms with van der Waals surface area (Å²) < 4.78 is 53.8. The van der Waals surface area contributed by atoms with Gasteiger partial charge in [-0.1, -0.05) is 6.07 Å². The molecule has 0 aliphatic carbocycles. The zero-order chi connectivity index (χ0) is 13.1. The van der Waals surface area contributed by atoms with E-state index < -0.39 is 24.5 Å². The van der Waals surface area contributed by atoms with Crippen molar-refractivity contribution < 1.29 is 22.3 Å². The third-order valence-corrected chi connectivity index (χ3v) is 2.34. The van der Waals surface area contributed by atoms with Crippen LogP contribution in [0.1, 0.15) is 24.4 Å². The maximum atomic E-state index is 13.1. The van der Waals surface area contributed by atoms with E-state index in [1.807, 2.05) is 0 Å². The lowest BCUT2D eigenvalue weighted by molar-refractivity contribution is -0.136. The summed E-state index contributed by atoms with van der Waals surface area (Å²) in [6.45, 7) is 0. The Morgan fingerprint density at radius 2 is 1.94 bits per heavy atom. The van der Waals surface area contributed by atoms with Crippen molar-refractivity contribution in [2.24, 2.45) is 5.73 Å². The number of alkyl halides is 3. The van der Waals surface area contributed by atoms with Crippen LogP contribution in [0.15, 0.2) is 18.2 Å². The minimum atomic E-state index is -4.23. The van der Waals surface area contributed by atoms with E-state index in [1.165, 1.54) is 19.2 Å². The van der Waals surface area contributed by atoms with Gasteiger partial charge in [-0.2, -0.15) is 13.2 Å². The molecule has 104 valence electrons. The maximum absolute atomic E-state index is 13.1. The Balaban J connectivity index is 0.00000289. The van der Waals surface area contributed by atoms with Gasteiger partial charge < -0.3 is 10.5 Å². The van der Waals surface area contributed by atoms with Crippen LogP contribution in [-0.2, 0) is 0 Å². The SMILES string of the molecule is COc1cc([C@H](N)CCC(F)(F)F)ccc1F.Cl. The molecule has 0 aromatic heterocycles. The van der Waals surface area contributed by atoms with Crippen LogP contribution in [0.25, 0.3) is 0 Å². The molecule has 7 heteroatoms. The van der Waals surface area contributed by atoms with Crippen molar-refractivity contribution in [2.45, 2.75) is 25.1 Å². The largest absolute Gasteiger partial charge is 0.494 e. The molecule has 0 heterocycles. The molecule has 1 atom stereocenters. The lowest BCUT2D eigenvalue weighted by Gasteiger charge is -2.14. The molecule has 1 rings (SSSR count). The Hall–Kier alpha value is -1.01. The van der Waals surface area contributed by atoms with E-state index in [-0.39, 0.29) is 24.6 Å². The number of nitrogens with two attached hydrogens (primary N) is 1. The molecule has 0 saturated carbocycles. The molecule has 1 aromatic carbocycles. The van der Waals surface area contributed by atoms with Crippen LogP contribution in [0.3, 0.4) is 0 Å². The number of ether oxygens (including phenoxy) is 1. The topological polar surface area (TPSA) is 35.2 Å². The molecule has 1 aromatic rings. The van der Waals surface area contributed by atoms with Crippen molar-refractivity contribution >= 4 is 12.4 Å². The van der Waals surface area contributed by atoms with Crippen molar-refractivity contribution in [3.8, 4) is 5.75 Å². The highest BCUT2D eigenvalue weighted by Crippen LogP contribution is 2.28. The molecular weight excluding hydrogens is 274 g/mol. The molecule has 0 saturated heterocycles. The molecule has 0 fully saturated rings. The van der Waals surface area contributed by atoms with E-state index in [9.17, 15) is 17.6 Å².